The van der Waals surface area contributed by atoms with E-state index < -0.39 is 0 Å². The minimum Gasteiger partial charge on any atom is -0.335 e. The van der Waals surface area contributed by atoms with Crippen LogP contribution in [0.15, 0.2) is 23.2 Å². The van der Waals surface area contributed by atoms with E-state index in [1.54, 1.807) is 28.0 Å². The van der Waals surface area contributed by atoms with Gasteiger partial charge in [-0.25, -0.2) is 4.98 Å². The van der Waals surface area contributed by atoms with Crippen molar-refractivity contribution in [2.45, 2.75) is 20.0 Å². The first-order chi connectivity index (χ1) is 8.67. The van der Waals surface area contributed by atoms with Gasteiger partial charge in [0.1, 0.15) is 11.4 Å². The highest BCUT2D eigenvalue weighted by molar-refractivity contribution is 9.10. The number of aryl methyl sites for hydroxylation is 1. The summed E-state index contributed by atoms with van der Waals surface area (Å²) in [6.07, 6.45) is 4.93. The van der Waals surface area contributed by atoms with Gasteiger partial charge in [-0.1, -0.05) is 0 Å². The van der Waals surface area contributed by atoms with E-state index in [1.165, 1.54) is 0 Å². The van der Waals surface area contributed by atoms with E-state index in [2.05, 4.69) is 26.0 Å². The van der Waals surface area contributed by atoms with E-state index >= 15 is 0 Å². The molecule has 2 N–H and O–H groups in total. The summed E-state index contributed by atoms with van der Waals surface area (Å²) in [6, 6.07) is 0. The van der Waals surface area contributed by atoms with Crippen molar-refractivity contribution in [3.63, 3.8) is 0 Å². The lowest BCUT2D eigenvalue weighted by atomic mass is 10.2. The molecule has 0 aromatic carbocycles. The molecule has 0 aliphatic carbocycles. The van der Waals surface area contributed by atoms with Crippen LogP contribution in [0, 0.1) is 0 Å². The number of hydrogen-bond donors (Lipinski definition) is 1. The second-order valence-corrected chi connectivity index (χ2v) is 4.63. The molecule has 2 rings (SSSR count). The van der Waals surface area contributed by atoms with E-state index in [9.17, 15) is 4.79 Å². The summed E-state index contributed by atoms with van der Waals surface area (Å²) in [5.74, 6) is -0.142. The molecule has 18 heavy (non-hydrogen) atoms. The van der Waals surface area contributed by atoms with Gasteiger partial charge in [0.05, 0.1) is 17.0 Å². The number of aromatic nitrogens is 4. The predicted octanol–water partition coefficient (Wildman–Crippen LogP) is 1.05. The number of imidazole rings is 1. The van der Waals surface area contributed by atoms with Crippen molar-refractivity contribution in [2.75, 3.05) is 6.54 Å². The summed E-state index contributed by atoms with van der Waals surface area (Å²) >= 11 is 3.33. The van der Waals surface area contributed by atoms with E-state index in [0.717, 1.165) is 0 Å². The van der Waals surface area contributed by atoms with Gasteiger partial charge in [0.15, 0.2) is 0 Å². The van der Waals surface area contributed by atoms with Crippen LogP contribution in [-0.2, 0) is 13.1 Å². The summed E-state index contributed by atoms with van der Waals surface area (Å²) in [4.78, 5) is 16.4. The number of hydrogen-bond acceptors (Lipinski definition) is 4. The maximum absolute atomic E-state index is 12.3. The van der Waals surface area contributed by atoms with Crippen molar-refractivity contribution in [3.8, 4) is 0 Å². The van der Waals surface area contributed by atoms with Crippen LogP contribution >= 0.6 is 15.9 Å². The molecule has 2 aromatic rings. The third-order valence-electron chi connectivity index (χ3n) is 2.56. The van der Waals surface area contributed by atoms with Crippen molar-refractivity contribution in [3.05, 3.63) is 34.6 Å². The first kappa shape index (κ1) is 13.0. The van der Waals surface area contributed by atoms with E-state index in [4.69, 9.17) is 5.73 Å². The van der Waals surface area contributed by atoms with Gasteiger partial charge in [0.25, 0.3) is 0 Å². The van der Waals surface area contributed by atoms with Gasteiger partial charge >= 0.3 is 0 Å². The Morgan fingerprint density at radius 2 is 2.33 bits per heavy atom. The fourth-order valence-electron chi connectivity index (χ4n) is 1.70. The minimum absolute atomic E-state index is 0.142. The molecule has 2 aromatic heterocycles. The summed E-state index contributed by atoms with van der Waals surface area (Å²) in [6.45, 7) is 3.73. The van der Waals surface area contributed by atoms with Gasteiger partial charge in [-0.15, -0.1) is 0 Å². The molecule has 0 aliphatic heterocycles. The van der Waals surface area contributed by atoms with Crippen LogP contribution in [0.4, 0.5) is 0 Å². The summed E-state index contributed by atoms with van der Waals surface area (Å²) in [5, 5.41) is 4.12. The van der Waals surface area contributed by atoms with Crippen LogP contribution < -0.4 is 5.73 Å². The zero-order valence-corrected chi connectivity index (χ0v) is 11.6. The first-order valence-corrected chi connectivity index (χ1v) is 6.44. The van der Waals surface area contributed by atoms with Crippen molar-refractivity contribution in [1.29, 1.82) is 0 Å². The molecule has 0 spiro atoms. The number of halogens is 1. The highest BCUT2D eigenvalue weighted by atomic mass is 79.9. The maximum Gasteiger partial charge on any atom is 0.232 e. The molecule has 0 bridgehead atoms. The Morgan fingerprint density at radius 1 is 1.56 bits per heavy atom. The third kappa shape index (κ3) is 2.37. The van der Waals surface area contributed by atoms with E-state index in [-0.39, 0.29) is 5.78 Å². The number of nitrogens with two attached hydrogens (primary N) is 1. The monoisotopic (exact) mass is 311 g/mol. The molecular weight excluding hydrogens is 298 g/mol. The maximum atomic E-state index is 12.3. The summed E-state index contributed by atoms with van der Waals surface area (Å²) < 4.78 is 4.13. The van der Waals surface area contributed by atoms with Gasteiger partial charge in [-0.2, -0.15) is 5.10 Å². The van der Waals surface area contributed by atoms with Crippen LogP contribution in [0.5, 0.6) is 0 Å². The molecule has 0 atom stereocenters. The summed E-state index contributed by atoms with van der Waals surface area (Å²) in [5.41, 5.74) is 6.38. The third-order valence-corrected chi connectivity index (χ3v) is 3.14. The number of nitrogens with zero attached hydrogens (tertiary/aromatic N) is 4. The molecule has 0 saturated heterocycles. The van der Waals surface area contributed by atoms with Gasteiger partial charge in [-0.05, 0) is 22.9 Å². The van der Waals surface area contributed by atoms with Crippen LogP contribution in [-0.4, -0.2) is 31.7 Å². The molecule has 6 nitrogen and oxygen atoms in total. The second-order valence-electron chi connectivity index (χ2n) is 3.77. The predicted molar refractivity (Wildman–Crippen MR) is 70.3 cm³/mol. The highest BCUT2D eigenvalue weighted by Gasteiger charge is 2.20. The molecule has 96 valence electrons. The average molecular weight is 312 g/mol. The molecule has 0 fully saturated rings. The molecule has 0 aliphatic rings. The Labute approximate surface area is 113 Å². The largest absolute Gasteiger partial charge is 0.335 e. The first-order valence-electron chi connectivity index (χ1n) is 5.65. The van der Waals surface area contributed by atoms with Crippen molar-refractivity contribution < 1.29 is 4.79 Å². The lowest BCUT2D eigenvalue weighted by Crippen LogP contribution is -2.12. The van der Waals surface area contributed by atoms with Gasteiger partial charge in [-0.3, -0.25) is 9.48 Å². The lowest BCUT2D eigenvalue weighted by Gasteiger charge is -2.02. The van der Waals surface area contributed by atoms with E-state index in [0.29, 0.717) is 35.5 Å². The zero-order chi connectivity index (χ0) is 13.1. The minimum atomic E-state index is -0.142. The Hall–Kier alpha value is -1.47. The van der Waals surface area contributed by atoms with Gasteiger partial charge < -0.3 is 10.3 Å². The molecule has 0 radical (unpaired) electrons. The fourth-order valence-corrected chi connectivity index (χ4v) is 2.17. The highest BCUT2D eigenvalue weighted by Crippen LogP contribution is 2.19. The molecule has 7 heteroatoms. The van der Waals surface area contributed by atoms with Crippen LogP contribution in [0.25, 0.3) is 0 Å². The Morgan fingerprint density at radius 3 is 3.00 bits per heavy atom. The SMILES string of the molecule is CCn1ncc(Br)c1C(=O)c1cn(CCN)cn1. The topological polar surface area (TPSA) is 78.7 Å². The fraction of sp³-hybridized carbons (Fsp3) is 0.364. The number of ketones is 1. The zero-order valence-electron chi connectivity index (χ0n) is 10.0. The van der Waals surface area contributed by atoms with E-state index in [1.807, 2.05) is 6.92 Å². The van der Waals surface area contributed by atoms with Crippen LogP contribution in [0.2, 0.25) is 0 Å². The van der Waals surface area contributed by atoms with Crippen molar-refractivity contribution >= 4 is 21.7 Å². The lowest BCUT2D eigenvalue weighted by molar-refractivity contribution is 0.102. The van der Waals surface area contributed by atoms with Gasteiger partial charge in [0, 0.05) is 25.8 Å². The summed E-state index contributed by atoms with van der Waals surface area (Å²) in [7, 11) is 0. The average Bonchev–Trinajstić information content (AvgIpc) is 2.95. The second kappa shape index (κ2) is 5.45. The number of rotatable bonds is 5. The molecule has 0 amide bonds. The quantitative estimate of drug-likeness (QED) is 0.837. The molecule has 0 unspecified atom stereocenters. The van der Waals surface area contributed by atoms with Crippen molar-refractivity contribution in [2.24, 2.45) is 5.73 Å². The van der Waals surface area contributed by atoms with Crippen LogP contribution in [0.3, 0.4) is 0 Å². The van der Waals surface area contributed by atoms with Crippen LogP contribution in [0.1, 0.15) is 23.1 Å². The molecular formula is C11H14BrN5O. The number of carbonyl (C=O) groups excluding carboxylic acids is 1. The Kier molecular flexibility index (Phi) is 3.93. The van der Waals surface area contributed by atoms with Crippen molar-refractivity contribution in [1.82, 2.24) is 19.3 Å². The Bertz CT molecular complexity index is 560. The number of carbonyl (C=O) groups is 1. The smallest absolute Gasteiger partial charge is 0.232 e. The van der Waals surface area contributed by atoms with Gasteiger partial charge in [0.2, 0.25) is 5.78 Å². The normalized spacial score (nSPS) is 10.8. The Balaban J connectivity index is 2.32. The molecule has 2 heterocycles. The molecule has 0 saturated carbocycles. The standard InChI is InChI=1S/C11H14BrN5O/c1-2-17-10(8(12)5-15-17)11(18)9-6-16(4-3-13)7-14-9/h5-7H,2-4,13H2,1H3.